The molecule has 1 N–H and O–H groups in total. The van der Waals surface area contributed by atoms with Crippen LogP contribution in [0.15, 0.2) is 53.4 Å². The number of amides is 1. The highest BCUT2D eigenvalue weighted by Gasteiger charge is 2.33. The minimum absolute atomic E-state index is 0.0164. The normalized spacial score (nSPS) is 18.2. The van der Waals surface area contributed by atoms with Gasteiger partial charge < -0.3 is 10.1 Å². The number of benzene rings is 2. The molecule has 1 saturated heterocycles. The number of carbonyl (C=O) groups excluding carboxylic acids is 1. The third-order valence-corrected chi connectivity index (χ3v) is 8.31. The van der Waals surface area contributed by atoms with E-state index in [1.54, 1.807) is 23.5 Å². The highest BCUT2D eigenvalue weighted by Crippen LogP contribution is 2.41. The summed E-state index contributed by atoms with van der Waals surface area (Å²) in [6.07, 6.45) is 6.14. The number of nitrogens with one attached hydrogen (secondary N) is 1. The van der Waals surface area contributed by atoms with Gasteiger partial charge in [0.05, 0.1) is 18.0 Å². The molecule has 172 valence electrons. The van der Waals surface area contributed by atoms with Gasteiger partial charge in [0.25, 0.3) is 0 Å². The molecule has 1 unspecified atom stereocenters. The van der Waals surface area contributed by atoms with Crippen LogP contribution >= 0.6 is 0 Å². The van der Waals surface area contributed by atoms with Crippen molar-refractivity contribution in [2.45, 2.75) is 55.9 Å². The van der Waals surface area contributed by atoms with Crippen LogP contribution in [0.25, 0.3) is 0 Å². The first-order valence-electron chi connectivity index (χ1n) is 11.5. The van der Waals surface area contributed by atoms with Gasteiger partial charge in [-0.15, -0.1) is 0 Å². The Hall–Kier alpha value is -2.38. The zero-order valence-electron chi connectivity index (χ0n) is 18.6. The van der Waals surface area contributed by atoms with Crippen LogP contribution in [-0.2, 0) is 21.2 Å². The van der Waals surface area contributed by atoms with Gasteiger partial charge in [-0.05, 0) is 73.4 Å². The maximum absolute atomic E-state index is 12.8. The molecule has 7 heteroatoms. The molecule has 32 heavy (non-hydrogen) atoms. The summed E-state index contributed by atoms with van der Waals surface area (Å²) in [7, 11) is -1.78. The van der Waals surface area contributed by atoms with Crippen LogP contribution in [0.3, 0.4) is 0 Å². The lowest BCUT2D eigenvalue weighted by Crippen LogP contribution is -2.35. The summed E-state index contributed by atoms with van der Waals surface area (Å²) in [5.41, 5.74) is 2.07. The lowest BCUT2D eigenvalue weighted by Gasteiger charge is -2.25. The van der Waals surface area contributed by atoms with Gasteiger partial charge >= 0.3 is 0 Å². The molecule has 1 aliphatic carbocycles. The minimum Gasteiger partial charge on any atom is -0.497 e. The smallest absolute Gasteiger partial charge is 0.243 e. The molecule has 1 amide bonds. The number of ether oxygens (including phenoxy) is 1. The van der Waals surface area contributed by atoms with Gasteiger partial charge in [-0.2, -0.15) is 4.31 Å². The van der Waals surface area contributed by atoms with E-state index in [1.165, 1.54) is 0 Å². The van der Waals surface area contributed by atoms with Crippen molar-refractivity contribution in [3.63, 3.8) is 0 Å². The zero-order valence-corrected chi connectivity index (χ0v) is 19.4. The lowest BCUT2D eigenvalue weighted by molar-refractivity contribution is -0.122. The molecule has 2 aromatic carbocycles. The second-order valence-electron chi connectivity index (χ2n) is 8.76. The van der Waals surface area contributed by atoms with E-state index in [9.17, 15) is 13.2 Å². The van der Waals surface area contributed by atoms with Crippen LogP contribution in [-0.4, -0.2) is 38.8 Å². The van der Waals surface area contributed by atoms with E-state index >= 15 is 0 Å². The Morgan fingerprint density at radius 1 is 1.03 bits per heavy atom. The molecule has 2 aromatic rings. The predicted octanol–water partition coefficient (Wildman–Crippen LogP) is 4.07. The molecular formula is C25H32N2O4S. The Labute approximate surface area is 191 Å². The number of hydrogen-bond donors (Lipinski definition) is 1. The van der Waals surface area contributed by atoms with Crippen LogP contribution in [0.5, 0.6) is 5.75 Å². The van der Waals surface area contributed by atoms with Gasteiger partial charge in [0.2, 0.25) is 15.9 Å². The summed E-state index contributed by atoms with van der Waals surface area (Å²) in [6.45, 7) is 1.20. The first-order chi connectivity index (χ1) is 15.5. The Balaban J connectivity index is 1.33. The van der Waals surface area contributed by atoms with Crippen LogP contribution < -0.4 is 10.1 Å². The Kier molecular flexibility index (Phi) is 7.16. The van der Waals surface area contributed by atoms with Crippen molar-refractivity contribution in [2.75, 3.05) is 20.2 Å². The van der Waals surface area contributed by atoms with Crippen molar-refractivity contribution in [1.29, 1.82) is 0 Å². The molecule has 2 aliphatic rings. The van der Waals surface area contributed by atoms with Crippen molar-refractivity contribution in [3.8, 4) is 5.75 Å². The predicted molar refractivity (Wildman–Crippen MR) is 124 cm³/mol. The molecule has 0 spiro atoms. The van der Waals surface area contributed by atoms with E-state index in [-0.39, 0.29) is 11.9 Å². The number of rotatable bonds is 9. The second kappa shape index (κ2) is 10.0. The fraction of sp³-hybridized carbons (Fsp3) is 0.480. The third-order valence-electron chi connectivity index (χ3n) is 6.40. The van der Waals surface area contributed by atoms with Crippen LogP contribution in [0.4, 0.5) is 0 Å². The Morgan fingerprint density at radius 2 is 1.69 bits per heavy atom. The van der Waals surface area contributed by atoms with Gasteiger partial charge in [0.15, 0.2) is 0 Å². The number of methoxy groups -OCH3 is 1. The minimum atomic E-state index is -3.42. The molecule has 1 aliphatic heterocycles. The monoisotopic (exact) mass is 456 g/mol. The fourth-order valence-corrected chi connectivity index (χ4v) is 5.82. The largest absolute Gasteiger partial charge is 0.497 e. The summed E-state index contributed by atoms with van der Waals surface area (Å²) >= 11 is 0. The van der Waals surface area contributed by atoms with Crippen LogP contribution in [0.2, 0.25) is 0 Å². The average Bonchev–Trinajstić information content (AvgIpc) is 3.67. The van der Waals surface area contributed by atoms with Gasteiger partial charge in [-0.1, -0.05) is 30.7 Å². The van der Waals surface area contributed by atoms with Gasteiger partial charge in [-0.25, -0.2) is 8.42 Å². The molecule has 0 radical (unpaired) electrons. The first-order valence-corrected chi connectivity index (χ1v) is 12.9. The topological polar surface area (TPSA) is 75.7 Å². The maximum atomic E-state index is 12.8. The van der Waals surface area contributed by atoms with E-state index in [1.807, 2.05) is 36.4 Å². The van der Waals surface area contributed by atoms with Crippen LogP contribution in [0.1, 0.15) is 55.7 Å². The average molecular weight is 457 g/mol. The first kappa shape index (κ1) is 22.8. The molecule has 1 atom stereocenters. The van der Waals surface area contributed by atoms with Crippen molar-refractivity contribution in [1.82, 2.24) is 9.62 Å². The second-order valence-corrected chi connectivity index (χ2v) is 10.7. The van der Waals surface area contributed by atoms with Gasteiger partial charge in [0.1, 0.15) is 5.75 Å². The van der Waals surface area contributed by atoms with E-state index in [2.05, 4.69) is 5.32 Å². The van der Waals surface area contributed by atoms with E-state index in [4.69, 9.17) is 4.74 Å². The van der Waals surface area contributed by atoms with Gasteiger partial charge in [0, 0.05) is 19.5 Å². The summed E-state index contributed by atoms with van der Waals surface area (Å²) in [5, 5.41) is 3.20. The summed E-state index contributed by atoms with van der Waals surface area (Å²) in [4.78, 5) is 13.0. The fourth-order valence-electron chi connectivity index (χ4n) is 4.30. The third kappa shape index (κ3) is 5.51. The molecule has 1 heterocycles. The standard InChI is InChI=1S/C25H32N2O4S/c1-31-22-12-10-21(11-13-22)25(20-8-9-20)26-24(28)16-7-19-5-14-23(15-6-19)32(29,30)27-17-3-2-4-18-27/h5-6,10-15,20,25H,2-4,7-9,16-18H2,1H3,(H,26,28). The lowest BCUT2D eigenvalue weighted by atomic mass is 10.0. The zero-order chi connectivity index (χ0) is 22.6. The molecule has 0 bridgehead atoms. The molecule has 2 fully saturated rings. The maximum Gasteiger partial charge on any atom is 0.243 e. The Bertz CT molecular complexity index is 1010. The summed E-state index contributed by atoms with van der Waals surface area (Å²) < 4.78 is 32.4. The van der Waals surface area contributed by atoms with Crippen molar-refractivity contribution in [3.05, 3.63) is 59.7 Å². The van der Waals surface area contributed by atoms with Crippen LogP contribution in [0, 0.1) is 5.92 Å². The molecule has 4 rings (SSSR count). The van der Waals surface area contributed by atoms with E-state index < -0.39 is 10.0 Å². The quantitative estimate of drug-likeness (QED) is 0.617. The molecule has 1 saturated carbocycles. The molecule has 0 aromatic heterocycles. The number of sulfonamides is 1. The number of carbonyl (C=O) groups is 1. The summed E-state index contributed by atoms with van der Waals surface area (Å²) in [6, 6.07) is 14.9. The van der Waals surface area contributed by atoms with Crippen molar-refractivity contribution < 1.29 is 17.9 Å². The van der Waals surface area contributed by atoms with E-state index in [0.717, 1.165) is 49.0 Å². The number of aryl methyl sites for hydroxylation is 1. The van der Waals surface area contributed by atoms with Gasteiger partial charge in [-0.3, -0.25) is 4.79 Å². The molecular weight excluding hydrogens is 424 g/mol. The van der Waals surface area contributed by atoms with Crippen molar-refractivity contribution in [2.24, 2.45) is 5.92 Å². The summed E-state index contributed by atoms with van der Waals surface area (Å²) in [5.74, 6) is 1.31. The number of piperidine rings is 1. The highest BCUT2D eigenvalue weighted by molar-refractivity contribution is 7.89. The number of hydrogen-bond acceptors (Lipinski definition) is 4. The SMILES string of the molecule is COc1ccc(C(NC(=O)CCc2ccc(S(=O)(=O)N3CCCCC3)cc2)C2CC2)cc1. The van der Waals surface area contributed by atoms with E-state index in [0.29, 0.717) is 36.7 Å². The van der Waals surface area contributed by atoms with Crippen molar-refractivity contribution >= 4 is 15.9 Å². The number of nitrogens with zero attached hydrogens (tertiary/aromatic N) is 1. The molecule has 6 nitrogen and oxygen atoms in total. The Morgan fingerprint density at radius 3 is 2.28 bits per heavy atom. The highest BCUT2D eigenvalue weighted by atomic mass is 32.2.